The molecule has 0 amide bonds. The lowest BCUT2D eigenvalue weighted by molar-refractivity contribution is 0.907. The highest BCUT2D eigenvalue weighted by Crippen LogP contribution is 2.35. The van der Waals surface area contributed by atoms with Crippen molar-refractivity contribution in [1.29, 1.82) is 5.26 Å². The first-order valence-corrected chi connectivity index (χ1v) is 13.7. The number of nitrogens with zero attached hydrogens (tertiary/aromatic N) is 1. The van der Waals surface area contributed by atoms with Crippen LogP contribution in [0.5, 0.6) is 0 Å². The van der Waals surface area contributed by atoms with Gasteiger partial charge in [0.1, 0.15) is 0 Å². The molecule has 0 spiro atoms. The third-order valence-electron chi connectivity index (χ3n) is 4.17. The second-order valence-corrected chi connectivity index (χ2v) is 8.69. The molecule has 0 fully saturated rings. The van der Waals surface area contributed by atoms with E-state index in [1.54, 1.807) is 11.3 Å². The maximum Gasteiger partial charge on any atom is 0.0989 e. The van der Waals surface area contributed by atoms with Crippen LogP contribution >= 0.6 is 38.6 Å². The number of hydrogen-bond donors (Lipinski definition) is 1. The third kappa shape index (κ3) is 8.79. The van der Waals surface area contributed by atoms with Crippen LogP contribution in [0.2, 0.25) is 0 Å². The number of alkyl halides is 1. The quantitative estimate of drug-likeness (QED) is 0.208. The van der Waals surface area contributed by atoms with Gasteiger partial charge in [-0.25, -0.2) is 0 Å². The molecule has 2 aromatic heterocycles. The summed E-state index contributed by atoms with van der Waals surface area (Å²) in [5.74, 6) is 0. The summed E-state index contributed by atoms with van der Waals surface area (Å²) in [4.78, 5) is 3.94. The van der Waals surface area contributed by atoms with Gasteiger partial charge in [0.2, 0.25) is 0 Å². The molecule has 0 bridgehead atoms. The van der Waals surface area contributed by atoms with Crippen LogP contribution in [-0.4, -0.2) is 0 Å². The second kappa shape index (κ2) is 17.3. The zero-order valence-electron chi connectivity index (χ0n) is 19.6. The van der Waals surface area contributed by atoms with Crippen molar-refractivity contribution in [2.24, 2.45) is 0 Å². The van der Waals surface area contributed by atoms with Gasteiger partial charge in [-0.1, -0.05) is 76.0 Å². The van der Waals surface area contributed by atoms with E-state index < -0.39 is 0 Å². The largest absolute Gasteiger partial charge is 0.379 e. The summed E-state index contributed by atoms with van der Waals surface area (Å²) in [5.41, 5.74) is 4.47. The van der Waals surface area contributed by atoms with Crippen LogP contribution in [0.3, 0.4) is 0 Å². The van der Waals surface area contributed by atoms with Gasteiger partial charge in [-0.3, -0.25) is 0 Å². The molecule has 0 aliphatic rings. The lowest BCUT2D eigenvalue weighted by Gasteiger charge is -2.11. The molecular formula is C25H37BrN2S2. The van der Waals surface area contributed by atoms with Crippen molar-refractivity contribution in [3.63, 3.8) is 0 Å². The molecule has 2 aromatic rings. The summed E-state index contributed by atoms with van der Waals surface area (Å²) in [6.07, 6.45) is 7.04. The molecule has 166 valence electrons. The van der Waals surface area contributed by atoms with Crippen LogP contribution in [0.1, 0.15) is 80.1 Å². The van der Waals surface area contributed by atoms with E-state index in [1.807, 2.05) is 51.2 Å². The van der Waals surface area contributed by atoms with Crippen molar-refractivity contribution in [2.45, 2.75) is 79.6 Å². The fourth-order valence-corrected chi connectivity index (χ4v) is 5.56. The highest BCUT2D eigenvalue weighted by Gasteiger charge is 2.16. The van der Waals surface area contributed by atoms with Gasteiger partial charge in [-0.2, -0.15) is 5.26 Å². The average Bonchev–Trinajstić information content (AvgIpc) is 3.43. The van der Waals surface area contributed by atoms with Crippen LogP contribution in [0.4, 0.5) is 0 Å². The molecule has 1 N–H and O–H groups in total. The molecule has 0 saturated heterocycles. The van der Waals surface area contributed by atoms with Crippen molar-refractivity contribution in [2.75, 3.05) is 0 Å². The standard InChI is InChI=1S/C21H25BrN2S2.2C2H6/c1-4-6-8-16(13-23)11-19(24-14-17-9-7-10-25-17)21-15(3)18(12-22)20(5-2)26-21;2*1-2/h7-11,24H,4-6,12,14H2,1-3H3;2*1-2H3/b16-8-,19-11+;;. The molecule has 0 aliphatic heterocycles. The Morgan fingerprint density at radius 3 is 2.40 bits per heavy atom. The van der Waals surface area contributed by atoms with Crippen LogP contribution in [0.25, 0.3) is 5.70 Å². The van der Waals surface area contributed by atoms with Crippen molar-refractivity contribution in [3.8, 4) is 6.07 Å². The molecule has 0 atom stereocenters. The van der Waals surface area contributed by atoms with Gasteiger partial charge < -0.3 is 5.32 Å². The van der Waals surface area contributed by atoms with Crippen molar-refractivity contribution in [3.05, 3.63) is 61.0 Å². The molecule has 2 heterocycles. The summed E-state index contributed by atoms with van der Waals surface area (Å²) in [7, 11) is 0. The molecule has 30 heavy (non-hydrogen) atoms. The molecule has 2 nitrogen and oxygen atoms in total. The third-order valence-corrected chi connectivity index (χ3v) is 7.12. The highest BCUT2D eigenvalue weighted by atomic mass is 79.9. The van der Waals surface area contributed by atoms with E-state index in [0.29, 0.717) is 0 Å². The summed E-state index contributed by atoms with van der Waals surface area (Å²) < 4.78 is 0. The maximum atomic E-state index is 9.53. The average molecular weight is 510 g/mol. The minimum Gasteiger partial charge on any atom is -0.379 e. The van der Waals surface area contributed by atoms with E-state index in [4.69, 9.17) is 0 Å². The number of nitrogens with one attached hydrogen (secondary N) is 1. The molecular weight excluding hydrogens is 472 g/mol. The van der Waals surface area contributed by atoms with Gasteiger partial charge in [0, 0.05) is 21.6 Å². The number of thiophene rings is 2. The molecule has 0 unspecified atom stereocenters. The number of unbranched alkanes of at least 4 members (excludes halogenated alkanes) is 1. The highest BCUT2D eigenvalue weighted by molar-refractivity contribution is 9.08. The monoisotopic (exact) mass is 508 g/mol. The van der Waals surface area contributed by atoms with Gasteiger partial charge in [0.25, 0.3) is 0 Å². The Morgan fingerprint density at radius 1 is 1.23 bits per heavy atom. The number of aryl methyl sites for hydroxylation is 1. The summed E-state index contributed by atoms with van der Waals surface area (Å²) in [6, 6.07) is 6.55. The SMILES string of the molecule is CC.CC.CCC/C=C(C#N)/C=C(/NCc1cccs1)c1sc(CC)c(CBr)c1C. The number of allylic oxidation sites excluding steroid dienone is 3. The number of halogens is 1. The Hall–Kier alpha value is -1.35. The summed E-state index contributed by atoms with van der Waals surface area (Å²) in [5, 5.41) is 16.1. The Kier molecular flexibility index (Phi) is 16.6. The topological polar surface area (TPSA) is 35.8 Å². The number of rotatable bonds is 9. The molecule has 0 radical (unpaired) electrons. The molecule has 5 heteroatoms. The lowest BCUT2D eigenvalue weighted by Crippen LogP contribution is -2.11. The van der Waals surface area contributed by atoms with Crippen molar-refractivity contribution < 1.29 is 0 Å². The predicted molar refractivity (Wildman–Crippen MR) is 142 cm³/mol. The van der Waals surface area contributed by atoms with Crippen molar-refractivity contribution >= 4 is 44.3 Å². The molecule has 2 rings (SSSR count). The van der Waals surface area contributed by atoms with E-state index in [9.17, 15) is 5.26 Å². The van der Waals surface area contributed by atoms with Crippen LogP contribution in [0, 0.1) is 18.3 Å². The van der Waals surface area contributed by atoms with E-state index in [2.05, 4.69) is 65.6 Å². The van der Waals surface area contributed by atoms with Crippen LogP contribution < -0.4 is 5.32 Å². The zero-order chi connectivity index (χ0) is 22.9. The van der Waals surface area contributed by atoms with Gasteiger partial charge in [-0.15, -0.1) is 22.7 Å². The Morgan fingerprint density at radius 2 is 1.93 bits per heavy atom. The van der Waals surface area contributed by atoms with Crippen molar-refractivity contribution in [1.82, 2.24) is 5.32 Å². The Bertz CT molecular complexity index is 809. The first-order chi connectivity index (χ1) is 14.6. The molecule has 0 saturated carbocycles. The minimum absolute atomic E-state index is 0.728. The fourth-order valence-electron chi connectivity index (χ4n) is 2.71. The van der Waals surface area contributed by atoms with Gasteiger partial charge in [0.05, 0.1) is 22.2 Å². The van der Waals surface area contributed by atoms with Crippen LogP contribution in [0.15, 0.2) is 35.2 Å². The number of nitriles is 1. The Balaban J connectivity index is 0.00000198. The normalized spacial score (nSPS) is 11.0. The second-order valence-electron chi connectivity index (χ2n) is 6.00. The van der Waals surface area contributed by atoms with E-state index in [-0.39, 0.29) is 0 Å². The number of hydrogen-bond acceptors (Lipinski definition) is 4. The lowest BCUT2D eigenvalue weighted by atomic mass is 10.1. The maximum absolute atomic E-state index is 9.53. The fraction of sp³-hybridized carbons (Fsp3) is 0.480. The molecule has 0 aliphatic carbocycles. The van der Waals surface area contributed by atoms with Gasteiger partial charge in [-0.05, 0) is 48.4 Å². The first-order valence-electron chi connectivity index (χ1n) is 10.9. The Labute approximate surface area is 200 Å². The van der Waals surface area contributed by atoms with E-state index in [0.717, 1.165) is 42.4 Å². The zero-order valence-corrected chi connectivity index (χ0v) is 22.8. The van der Waals surface area contributed by atoms with E-state index in [1.165, 1.54) is 25.8 Å². The van der Waals surface area contributed by atoms with Gasteiger partial charge in [0.15, 0.2) is 0 Å². The summed E-state index contributed by atoms with van der Waals surface area (Å²) in [6.45, 7) is 15.3. The van der Waals surface area contributed by atoms with E-state index >= 15 is 0 Å². The first kappa shape index (κ1) is 28.6. The smallest absolute Gasteiger partial charge is 0.0989 e. The van der Waals surface area contributed by atoms with Crippen LogP contribution in [-0.2, 0) is 18.3 Å². The van der Waals surface area contributed by atoms with Gasteiger partial charge >= 0.3 is 0 Å². The summed E-state index contributed by atoms with van der Waals surface area (Å²) >= 11 is 7.22. The predicted octanol–water partition coefficient (Wildman–Crippen LogP) is 9.01. The molecule has 0 aromatic carbocycles. The minimum atomic E-state index is 0.728.